The molecule has 0 spiro atoms. The van der Waals surface area contributed by atoms with E-state index in [-0.39, 0.29) is 152 Å². The summed E-state index contributed by atoms with van der Waals surface area (Å²) in [6, 6.07) is 19.4. The number of carbonyl (C=O) groups excluding carboxylic acids is 3. The molecular weight excluding hydrogens is 937 g/mol. The predicted molar refractivity (Wildman–Crippen MR) is 201 cm³/mol. The fourth-order valence-corrected chi connectivity index (χ4v) is 8.62. The van der Waals surface area contributed by atoms with Gasteiger partial charge in [-0.3, -0.25) is 9.59 Å². The van der Waals surface area contributed by atoms with Crippen molar-refractivity contribution in [3.05, 3.63) is 120 Å². The van der Waals surface area contributed by atoms with Crippen molar-refractivity contribution >= 4 is 103 Å². The van der Waals surface area contributed by atoms with Crippen LogP contribution in [0.15, 0.2) is 129 Å². The van der Waals surface area contributed by atoms with Crippen LogP contribution in [0.3, 0.4) is 0 Å². The normalized spacial score (nSPS) is 11.4. The summed E-state index contributed by atoms with van der Waals surface area (Å²) in [4.78, 5) is 35.5. The molecule has 6 aromatic carbocycles. The Bertz CT molecular complexity index is 2970. The Balaban J connectivity index is 0.00000331. The zero-order valence-electron chi connectivity index (χ0n) is 32.6. The number of fused-ring (bicyclic) bond motifs is 2. The average Bonchev–Trinajstić information content (AvgIpc) is 3.13. The van der Waals surface area contributed by atoms with Crippen molar-refractivity contribution in [3.8, 4) is 0 Å². The summed E-state index contributed by atoms with van der Waals surface area (Å²) in [7, 11) is -20.6. The van der Waals surface area contributed by atoms with Gasteiger partial charge < -0.3 is 39.5 Å². The first-order chi connectivity index (χ1) is 27.0. The second-order valence-corrected chi connectivity index (χ2v) is 17.4. The molecule has 300 valence electrons. The zero-order valence-corrected chi connectivity index (χ0v) is 43.9. The van der Waals surface area contributed by atoms with Crippen molar-refractivity contribution < 1.29 is 184 Å². The van der Waals surface area contributed by atoms with Gasteiger partial charge in [0.2, 0.25) is 0 Å². The average molecular weight is 959 g/mol. The van der Waals surface area contributed by atoms with Crippen LogP contribution in [0.1, 0.15) is 20.7 Å². The van der Waals surface area contributed by atoms with Gasteiger partial charge in [0.05, 0.1) is 31.0 Å². The second kappa shape index (κ2) is 21.8. The van der Waals surface area contributed by atoms with E-state index in [0.29, 0.717) is 0 Å². The molecule has 0 aromatic heterocycles. The summed E-state index contributed by atoms with van der Waals surface area (Å²) in [5, 5.41) is 8.03. The fourth-order valence-electron chi connectivity index (χ4n) is 5.85. The Morgan fingerprint density at radius 1 is 0.371 bits per heavy atom. The van der Waals surface area contributed by atoms with Crippen molar-refractivity contribution in [2.24, 2.45) is 0 Å². The molecule has 0 atom stereocenters. The van der Waals surface area contributed by atoms with Crippen molar-refractivity contribution in [2.45, 2.75) is 19.6 Å². The zero-order chi connectivity index (χ0) is 42.4. The molecular formula is C35H22N4Na4O15S4. The van der Waals surface area contributed by atoms with Gasteiger partial charge in [0, 0.05) is 44.0 Å². The van der Waals surface area contributed by atoms with Gasteiger partial charge in [-0.1, -0.05) is 24.3 Å². The molecule has 0 aliphatic carbocycles. The van der Waals surface area contributed by atoms with Gasteiger partial charge in [-0.15, -0.1) is 0 Å². The van der Waals surface area contributed by atoms with Crippen molar-refractivity contribution in [1.29, 1.82) is 0 Å². The number of benzene rings is 6. The number of nitrogens with one attached hydrogen (secondary N) is 4. The van der Waals surface area contributed by atoms with E-state index in [4.69, 9.17) is 0 Å². The number of urea groups is 1. The molecule has 0 aliphatic rings. The topological polar surface area (TPSA) is 328 Å². The number of carbonyl (C=O) groups is 3. The maximum Gasteiger partial charge on any atom is 1.00 e. The van der Waals surface area contributed by atoms with E-state index in [1.54, 1.807) is 0 Å². The smallest absolute Gasteiger partial charge is 0.744 e. The van der Waals surface area contributed by atoms with Gasteiger partial charge in [0.15, 0.2) is 0 Å². The molecule has 6 aromatic rings. The molecule has 0 saturated carbocycles. The maximum absolute atomic E-state index is 13.1. The number of amides is 4. The van der Waals surface area contributed by atoms with Crippen LogP contribution in [-0.2, 0) is 40.5 Å². The van der Waals surface area contributed by atoms with E-state index in [1.807, 2.05) is 0 Å². The van der Waals surface area contributed by atoms with Gasteiger partial charge in [0.25, 0.3) is 11.8 Å². The molecule has 0 unspecified atom stereocenters. The van der Waals surface area contributed by atoms with Gasteiger partial charge in [-0.25, -0.2) is 38.5 Å². The van der Waals surface area contributed by atoms with E-state index in [1.165, 1.54) is 48.5 Å². The third kappa shape index (κ3) is 12.9. The predicted octanol–water partition coefficient (Wildman–Crippen LogP) is -8.23. The quantitative estimate of drug-likeness (QED) is 0.0732. The molecule has 62 heavy (non-hydrogen) atoms. The molecule has 27 heteroatoms. The number of hydrogen-bond acceptors (Lipinski definition) is 15. The van der Waals surface area contributed by atoms with E-state index in [2.05, 4.69) is 21.3 Å². The standard InChI is InChI=1S/C35H26N4O15S4.4Na/c40-33(38-25-15-17-27(55(43,44)45)23-3-1-5-29(31(23)25)57(49,50)51)19-7-11-21(12-8-19)36-35(42)37-22-13-9-20(10-14-22)34(41)39-26-16-18-28(56(46,47)48)24-4-2-6-30(32(24)26)58(52,53)54;;;;/h1-18H,(H,38,40)(H,39,41)(H2,36,37,42)(H,43,44,45)(H,46,47,48)(H,49,50,51)(H,52,53,54);;;;/q;4*+1/p-4. The van der Waals surface area contributed by atoms with Crippen LogP contribution in [0, 0.1) is 0 Å². The van der Waals surface area contributed by atoms with E-state index >= 15 is 0 Å². The largest absolute Gasteiger partial charge is 1.00 e. The maximum atomic E-state index is 13.1. The number of hydrogen-bond donors (Lipinski definition) is 4. The Morgan fingerprint density at radius 2 is 0.677 bits per heavy atom. The molecule has 4 amide bonds. The minimum Gasteiger partial charge on any atom is -0.744 e. The molecule has 19 nitrogen and oxygen atoms in total. The first-order valence-corrected chi connectivity index (χ1v) is 21.5. The van der Waals surface area contributed by atoms with E-state index in [0.717, 1.165) is 60.7 Å². The van der Waals surface area contributed by atoms with Crippen LogP contribution in [0.4, 0.5) is 27.5 Å². The van der Waals surface area contributed by atoms with Gasteiger partial charge in [0.1, 0.15) is 40.5 Å². The van der Waals surface area contributed by atoms with Gasteiger partial charge in [-0.2, -0.15) is 0 Å². The summed E-state index contributed by atoms with van der Waals surface area (Å²) in [5.74, 6) is -1.68. The summed E-state index contributed by atoms with van der Waals surface area (Å²) >= 11 is 0. The van der Waals surface area contributed by atoms with Crippen LogP contribution in [0.2, 0.25) is 0 Å². The van der Waals surface area contributed by atoms with E-state index < -0.39 is 99.4 Å². The van der Waals surface area contributed by atoms with Crippen molar-refractivity contribution in [1.82, 2.24) is 0 Å². The first-order valence-electron chi connectivity index (χ1n) is 15.9. The molecule has 0 fully saturated rings. The monoisotopic (exact) mass is 958 g/mol. The third-order valence-electron chi connectivity index (χ3n) is 8.31. The Hall–Kier alpha value is -2.31. The molecule has 4 N–H and O–H groups in total. The summed E-state index contributed by atoms with van der Waals surface area (Å²) in [6.07, 6.45) is 0. The molecule has 0 aliphatic heterocycles. The molecule has 0 saturated heterocycles. The van der Waals surface area contributed by atoms with Crippen LogP contribution in [0.5, 0.6) is 0 Å². The number of anilines is 4. The summed E-state index contributed by atoms with van der Waals surface area (Å²) in [5.41, 5.74) is -0.248. The minimum atomic E-state index is -5.20. The van der Waals surface area contributed by atoms with Crippen LogP contribution in [0.25, 0.3) is 21.5 Å². The SMILES string of the molecule is O=C(Nc1ccc(C(=O)Nc2ccc(S(=O)(=O)[O-])c3cccc(S(=O)(=O)[O-])c23)cc1)Nc1ccc(C(=O)Nc2ccc(S(=O)(=O)[O-])c3cccc(S(=O)(=O)[O-])c23)cc1.[Na+].[Na+].[Na+].[Na+]. The second-order valence-electron chi connectivity index (χ2n) is 12.0. The van der Waals surface area contributed by atoms with Crippen molar-refractivity contribution in [2.75, 3.05) is 21.3 Å². The minimum absolute atomic E-state index is 0. The summed E-state index contributed by atoms with van der Waals surface area (Å²) in [6.45, 7) is 0. The molecule has 0 bridgehead atoms. The van der Waals surface area contributed by atoms with Crippen molar-refractivity contribution in [3.63, 3.8) is 0 Å². The Labute approximate surface area is 442 Å². The first kappa shape index (κ1) is 55.8. The Morgan fingerprint density at radius 3 is 0.968 bits per heavy atom. The molecule has 0 radical (unpaired) electrons. The molecule has 0 heterocycles. The van der Waals surface area contributed by atoms with Crippen LogP contribution in [-0.4, -0.2) is 69.7 Å². The van der Waals surface area contributed by atoms with Crippen LogP contribution < -0.4 is 139 Å². The van der Waals surface area contributed by atoms with Gasteiger partial charge >= 0.3 is 124 Å². The number of rotatable bonds is 10. The fraction of sp³-hybridized carbons (Fsp3) is 0. The summed E-state index contributed by atoms with van der Waals surface area (Å²) < 4.78 is 143. The Kier molecular flexibility index (Phi) is 19.6. The third-order valence-corrected chi connectivity index (χ3v) is 11.9. The van der Waals surface area contributed by atoms with Crippen LogP contribution >= 0.6 is 0 Å². The van der Waals surface area contributed by atoms with Gasteiger partial charge in [-0.05, 0) is 84.9 Å². The molecule has 6 rings (SSSR count). The van der Waals surface area contributed by atoms with E-state index in [9.17, 15) is 66.3 Å².